The Bertz CT molecular complexity index is 765. The van der Waals surface area contributed by atoms with Crippen LogP contribution in [0.2, 0.25) is 19.6 Å². The number of halogens is 1. The van der Waals surface area contributed by atoms with Crippen molar-refractivity contribution >= 4 is 8.07 Å². The van der Waals surface area contributed by atoms with Crippen molar-refractivity contribution in [3.63, 3.8) is 0 Å². The largest absolute Gasteiger partial charge is 0.347 e. The smallest absolute Gasteiger partial charge is 0.330 e. The first-order valence-electron chi connectivity index (χ1n) is 8.21. The third-order valence-electron chi connectivity index (χ3n) is 4.59. The zero-order valence-corrected chi connectivity index (χ0v) is 15.9. The van der Waals surface area contributed by atoms with E-state index in [1.165, 1.54) is 16.8 Å². The topological polar surface area (TPSA) is 64.1 Å². The van der Waals surface area contributed by atoms with Gasteiger partial charge in [0.25, 0.3) is 5.56 Å². The monoisotopic (exact) mass is 352 g/mol. The molecule has 0 amide bonds. The average molecular weight is 352 g/mol. The van der Waals surface area contributed by atoms with E-state index in [4.69, 9.17) is 4.74 Å². The maximum absolute atomic E-state index is 13.8. The lowest BCUT2D eigenvalue weighted by atomic mass is 9.81. The first-order valence-corrected chi connectivity index (χ1v) is 11.7. The highest BCUT2D eigenvalue weighted by Crippen LogP contribution is 2.47. The van der Waals surface area contributed by atoms with E-state index >= 15 is 0 Å². The molecule has 2 heterocycles. The fraction of sp³-hybridized carbons (Fsp3) is 0.647. The van der Waals surface area contributed by atoms with E-state index in [-0.39, 0.29) is 11.8 Å². The standard InChI is InChI=1S/C17H25FN2O3Si/c1-6-17(11-18)12(2)13(8-10-24(3,4)5)15(23-17)20-9-7-14(21)19-16(20)22/h7,9,12-13,15H,6,11H2,1-5H3,(H,19,21,22)/t12-,13-,15+,17-/m0/s1. The van der Waals surface area contributed by atoms with Gasteiger partial charge in [0.15, 0.2) is 6.23 Å². The van der Waals surface area contributed by atoms with Crippen LogP contribution in [0.25, 0.3) is 0 Å². The Kier molecular flexibility index (Phi) is 5.21. The number of hydrogen-bond acceptors (Lipinski definition) is 3. The molecule has 0 saturated carbocycles. The number of aromatic amines is 1. The van der Waals surface area contributed by atoms with Crippen LogP contribution >= 0.6 is 0 Å². The first-order chi connectivity index (χ1) is 11.1. The summed E-state index contributed by atoms with van der Waals surface area (Å²) in [5.74, 6) is 2.78. The van der Waals surface area contributed by atoms with Crippen LogP contribution in [0, 0.1) is 23.3 Å². The highest BCUT2D eigenvalue weighted by Gasteiger charge is 2.52. The van der Waals surface area contributed by atoms with Gasteiger partial charge in [0.1, 0.15) is 20.3 Å². The second kappa shape index (κ2) is 6.69. The Labute approximate surface area is 142 Å². The summed E-state index contributed by atoms with van der Waals surface area (Å²) in [4.78, 5) is 25.7. The number of nitrogens with one attached hydrogen (secondary N) is 1. The van der Waals surface area contributed by atoms with Crippen molar-refractivity contribution in [2.45, 2.75) is 51.7 Å². The molecule has 0 aliphatic carbocycles. The molecule has 5 nitrogen and oxygen atoms in total. The van der Waals surface area contributed by atoms with Gasteiger partial charge in [0.2, 0.25) is 0 Å². The van der Waals surface area contributed by atoms with E-state index in [0.717, 1.165) is 0 Å². The van der Waals surface area contributed by atoms with E-state index in [1.54, 1.807) is 0 Å². The molecule has 0 unspecified atom stereocenters. The van der Waals surface area contributed by atoms with Crippen LogP contribution in [0.15, 0.2) is 21.9 Å². The molecule has 1 N–H and O–H groups in total. The minimum Gasteiger partial charge on any atom is -0.347 e. The predicted molar refractivity (Wildman–Crippen MR) is 94.2 cm³/mol. The van der Waals surface area contributed by atoms with Gasteiger partial charge in [-0.2, -0.15) is 0 Å². The van der Waals surface area contributed by atoms with Crippen molar-refractivity contribution in [2.24, 2.45) is 11.8 Å². The fourth-order valence-electron chi connectivity index (χ4n) is 3.00. The molecule has 7 heteroatoms. The first kappa shape index (κ1) is 18.7. The van der Waals surface area contributed by atoms with Crippen LogP contribution in [0.1, 0.15) is 26.5 Å². The summed E-state index contributed by atoms with van der Waals surface area (Å²) in [5.41, 5.74) is 1.31. The van der Waals surface area contributed by atoms with Crippen LogP contribution < -0.4 is 11.2 Å². The Hall–Kier alpha value is -1.65. The minimum absolute atomic E-state index is 0.167. The fourth-order valence-corrected chi connectivity index (χ4v) is 3.60. The maximum Gasteiger partial charge on any atom is 0.330 e. The van der Waals surface area contributed by atoms with Crippen LogP contribution in [0.4, 0.5) is 4.39 Å². The number of ether oxygens (including phenoxy) is 1. The Morgan fingerprint density at radius 2 is 2.08 bits per heavy atom. The van der Waals surface area contributed by atoms with Crippen molar-refractivity contribution in [2.75, 3.05) is 6.67 Å². The summed E-state index contributed by atoms with van der Waals surface area (Å²) >= 11 is 0. The highest BCUT2D eigenvalue weighted by molar-refractivity contribution is 6.83. The van der Waals surface area contributed by atoms with E-state index in [0.29, 0.717) is 6.42 Å². The van der Waals surface area contributed by atoms with Gasteiger partial charge in [-0.15, -0.1) is 11.5 Å². The molecule has 1 aromatic heterocycles. The van der Waals surface area contributed by atoms with E-state index in [1.807, 2.05) is 13.8 Å². The summed E-state index contributed by atoms with van der Waals surface area (Å²) < 4.78 is 21.1. The molecule has 1 aliphatic rings. The lowest BCUT2D eigenvalue weighted by molar-refractivity contribution is -0.0998. The van der Waals surface area contributed by atoms with Crippen molar-refractivity contribution in [3.05, 3.63) is 33.1 Å². The van der Waals surface area contributed by atoms with Crippen LogP contribution in [-0.4, -0.2) is 29.9 Å². The zero-order valence-electron chi connectivity index (χ0n) is 14.9. The predicted octanol–water partition coefficient (Wildman–Crippen LogP) is 2.32. The SMILES string of the molecule is CC[C@@]1(CF)O[C@@H](n2ccc(=O)[nH]c2=O)[C@@H](C#C[Si](C)(C)C)[C@@H]1C. The molecule has 0 aromatic carbocycles. The molecule has 0 bridgehead atoms. The summed E-state index contributed by atoms with van der Waals surface area (Å²) in [6.07, 6.45) is 1.18. The van der Waals surface area contributed by atoms with Crippen molar-refractivity contribution in [3.8, 4) is 11.5 Å². The molecule has 1 fully saturated rings. The quantitative estimate of drug-likeness (QED) is 0.671. The summed E-state index contributed by atoms with van der Waals surface area (Å²) in [6.45, 7) is 9.54. The van der Waals surface area contributed by atoms with Crippen molar-refractivity contribution in [1.82, 2.24) is 9.55 Å². The third-order valence-corrected chi connectivity index (χ3v) is 5.49. The van der Waals surface area contributed by atoms with Gasteiger partial charge in [-0.25, -0.2) is 9.18 Å². The lowest BCUT2D eigenvalue weighted by Crippen LogP contribution is -2.37. The molecule has 1 aliphatic heterocycles. The summed E-state index contributed by atoms with van der Waals surface area (Å²) in [7, 11) is -1.63. The lowest BCUT2D eigenvalue weighted by Gasteiger charge is -2.28. The van der Waals surface area contributed by atoms with Gasteiger partial charge in [-0.05, 0) is 6.42 Å². The zero-order chi connectivity index (χ0) is 18.1. The number of nitrogens with zero attached hydrogens (tertiary/aromatic N) is 1. The molecule has 24 heavy (non-hydrogen) atoms. The van der Waals surface area contributed by atoms with Gasteiger partial charge >= 0.3 is 5.69 Å². The summed E-state index contributed by atoms with van der Waals surface area (Å²) in [5, 5.41) is 0. The van der Waals surface area contributed by atoms with Crippen LogP contribution in [-0.2, 0) is 4.74 Å². The van der Waals surface area contributed by atoms with Gasteiger partial charge in [0.05, 0.1) is 5.92 Å². The molecule has 0 radical (unpaired) electrons. The van der Waals surface area contributed by atoms with Gasteiger partial charge in [-0.3, -0.25) is 14.3 Å². The molecule has 2 rings (SSSR count). The van der Waals surface area contributed by atoms with E-state index < -0.39 is 37.8 Å². The third kappa shape index (κ3) is 3.55. The Morgan fingerprint density at radius 1 is 1.42 bits per heavy atom. The molecule has 1 saturated heterocycles. The second-order valence-electron chi connectivity index (χ2n) is 7.41. The second-order valence-corrected chi connectivity index (χ2v) is 12.2. The maximum atomic E-state index is 13.8. The highest BCUT2D eigenvalue weighted by atomic mass is 28.3. The molecular weight excluding hydrogens is 327 g/mol. The number of H-pyrrole nitrogens is 1. The van der Waals surface area contributed by atoms with Crippen molar-refractivity contribution in [1.29, 1.82) is 0 Å². The van der Waals surface area contributed by atoms with E-state index in [2.05, 4.69) is 36.1 Å². The number of hydrogen-bond donors (Lipinski definition) is 1. The molecule has 1 aromatic rings. The van der Waals surface area contributed by atoms with Gasteiger partial charge in [0, 0.05) is 18.2 Å². The van der Waals surface area contributed by atoms with Gasteiger partial charge in [-0.1, -0.05) is 33.5 Å². The molecule has 4 atom stereocenters. The Balaban J connectivity index is 2.54. The molecule has 0 spiro atoms. The Morgan fingerprint density at radius 3 is 2.58 bits per heavy atom. The summed E-state index contributed by atoms with van der Waals surface area (Å²) in [6, 6.07) is 1.26. The van der Waals surface area contributed by atoms with Crippen molar-refractivity contribution < 1.29 is 9.13 Å². The van der Waals surface area contributed by atoms with Crippen LogP contribution in [0.3, 0.4) is 0 Å². The minimum atomic E-state index is -1.63. The number of rotatable bonds is 3. The van der Waals surface area contributed by atoms with Crippen LogP contribution in [0.5, 0.6) is 0 Å². The number of aromatic nitrogens is 2. The van der Waals surface area contributed by atoms with Gasteiger partial charge < -0.3 is 4.74 Å². The molecular formula is C17H25FN2O3Si. The average Bonchev–Trinajstić information content (AvgIpc) is 2.77. The van der Waals surface area contributed by atoms with E-state index in [9.17, 15) is 14.0 Å². The normalized spacial score (nSPS) is 30.0. The molecule has 132 valence electrons. The number of alkyl halides is 1.